The number of likely N-dealkylation sites (tertiary alicyclic amines) is 1. The first-order chi connectivity index (χ1) is 12.0. The summed E-state index contributed by atoms with van der Waals surface area (Å²) >= 11 is 6.09. The van der Waals surface area contributed by atoms with Crippen molar-refractivity contribution in [2.24, 2.45) is 0 Å². The van der Waals surface area contributed by atoms with E-state index in [9.17, 15) is 14.4 Å². The number of amides is 3. The van der Waals surface area contributed by atoms with Crippen LogP contribution in [0.15, 0.2) is 18.2 Å². The molecule has 2 aliphatic rings. The van der Waals surface area contributed by atoms with Crippen molar-refractivity contribution in [2.75, 3.05) is 29.9 Å². The van der Waals surface area contributed by atoms with Crippen LogP contribution in [0.2, 0.25) is 5.02 Å². The predicted octanol–water partition coefficient (Wildman–Crippen LogP) is 2.81. The molecule has 2 fully saturated rings. The van der Waals surface area contributed by atoms with Gasteiger partial charge in [0.05, 0.1) is 11.4 Å². The lowest BCUT2D eigenvalue weighted by Crippen LogP contribution is -2.33. The number of hydrogen-bond acceptors (Lipinski definition) is 4. The van der Waals surface area contributed by atoms with Gasteiger partial charge in [-0.2, -0.15) is 0 Å². The molecule has 2 aliphatic heterocycles. The number of nitrogens with one attached hydrogen (secondary N) is 1. The van der Waals surface area contributed by atoms with Crippen LogP contribution in [-0.4, -0.2) is 42.3 Å². The molecule has 2 saturated heterocycles. The molecule has 1 aromatic carbocycles. The van der Waals surface area contributed by atoms with Gasteiger partial charge in [0.15, 0.2) is 0 Å². The summed E-state index contributed by atoms with van der Waals surface area (Å²) < 4.78 is 0. The molecule has 0 bridgehead atoms. The Balaban J connectivity index is 1.65. The largest absolute Gasteiger partial charge is 0.370 e. The second kappa shape index (κ2) is 7.87. The molecule has 25 heavy (non-hydrogen) atoms. The minimum atomic E-state index is -0.229. The van der Waals surface area contributed by atoms with Crippen molar-refractivity contribution in [2.45, 2.75) is 38.5 Å². The van der Waals surface area contributed by atoms with Crippen molar-refractivity contribution in [1.82, 2.24) is 4.90 Å². The van der Waals surface area contributed by atoms with E-state index >= 15 is 0 Å². The van der Waals surface area contributed by atoms with E-state index < -0.39 is 0 Å². The Kier molecular flexibility index (Phi) is 5.58. The van der Waals surface area contributed by atoms with Gasteiger partial charge in [-0.05, 0) is 37.5 Å². The Bertz CT molecular complexity index is 670. The summed E-state index contributed by atoms with van der Waals surface area (Å²) in [5, 5.41) is 3.44. The van der Waals surface area contributed by atoms with Crippen LogP contribution in [0.4, 0.5) is 11.4 Å². The van der Waals surface area contributed by atoms with E-state index in [-0.39, 0.29) is 43.5 Å². The van der Waals surface area contributed by atoms with Gasteiger partial charge in [0, 0.05) is 43.9 Å². The molecule has 0 atom stereocenters. The first-order valence-corrected chi connectivity index (χ1v) is 9.10. The maximum Gasteiger partial charge on any atom is 0.229 e. The molecule has 0 saturated carbocycles. The Labute approximate surface area is 152 Å². The fourth-order valence-corrected chi connectivity index (χ4v) is 3.49. The van der Waals surface area contributed by atoms with Crippen molar-refractivity contribution < 1.29 is 14.4 Å². The number of carbonyl (C=O) groups is 3. The smallest absolute Gasteiger partial charge is 0.229 e. The topological polar surface area (TPSA) is 69.7 Å². The maximum atomic E-state index is 12.3. The fourth-order valence-electron chi connectivity index (χ4n) is 3.32. The van der Waals surface area contributed by atoms with Crippen LogP contribution in [0.5, 0.6) is 0 Å². The SMILES string of the molecule is O=C(CCN1C(=O)CCC1=O)Nc1cc(Cl)ccc1N1CCCCC1. The van der Waals surface area contributed by atoms with E-state index in [1.165, 1.54) is 11.3 Å². The summed E-state index contributed by atoms with van der Waals surface area (Å²) in [4.78, 5) is 38.9. The summed E-state index contributed by atoms with van der Waals surface area (Å²) in [7, 11) is 0. The van der Waals surface area contributed by atoms with Gasteiger partial charge >= 0.3 is 0 Å². The van der Waals surface area contributed by atoms with Crippen LogP contribution < -0.4 is 10.2 Å². The van der Waals surface area contributed by atoms with Crippen molar-refractivity contribution in [3.8, 4) is 0 Å². The third-order valence-electron chi connectivity index (χ3n) is 4.65. The third kappa shape index (κ3) is 4.31. The zero-order valence-electron chi connectivity index (χ0n) is 14.1. The van der Waals surface area contributed by atoms with Crippen LogP contribution in [0.1, 0.15) is 38.5 Å². The standard InChI is InChI=1S/C18H22ClN3O3/c19-13-4-5-15(21-9-2-1-3-10-21)14(12-13)20-16(23)8-11-22-17(24)6-7-18(22)25/h4-5,12H,1-3,6-11H2,(H,20,23). The molecule has 1 aromatic rings. The van der Waals surface area contributed by atoms with E-state index in [1.807, 2.05) is 12.1 Å². The molecule has 0 radical (unpaired) electrons. The van der Waals surface area contributed by atoms with Gasteiger partial charge in [-0.3, -0.25) is 19.3 Å². The molecule has 2 heterocycles. The number of imide groups is 1. The molecule has 0 spiro atoms. The normalized spacial score (nSPS) is 18.0. The van der Waals surface area contributed by atoms with Crippen molar-refractivity contribution in [3.63, 3.8) is 0 Å². The zero-order valence-corrected chi connectivity index (χ0v) is 14.8. The minimum absolute atomic E-state index is 0.0867. The molecular formula is C18H22ClN3O3. The summed E-state index contributed by atoms with van der Waals surface area (Å²) in [5.41, 5.74) is 1.64. The average molecular weight is 364 g/mol. The summed E-state index contributed by atoms with van der Waals surface area (Å²) in [6, 6.07) is 5.50. The average Bonchev–Trinajstić information content (AvgIpc) is 2.92. The Morgan fingerprint density at radius 3 is 2.44 bits per heavy atom. The quantitative estimate of drug-likeness (QED) is 0.817. The fraction of sp³-hybridized carbons (Fsp3) is 0.500. The van der Waals surface area contributed by atoms with Gasteiger partial charge in [0.25, 0.3) is 0 Å². The molecule has 3 rings (SSSR count). The molecule has 7 heteroatoms. The van der Waals surface area contributed by atoms with Crippen LogP contribution >= 0.6 is 11.6 Å². The first-order valence-electron chi connectivity index (χ1n) is 8.72. The van der Waals surface area contributed by atoms with Crippen LogP contribution in [-0.2, 0) is 14.4 Å². The number of piperidine rings is 1. The van der Waals surface area contributed by atoms with Gasteiger partial charge < -0.3 is 10.2 Å². The van der Waals surface area contributed by atoms with Crippen LogP contribution in [0.25, 0.3) is 0 Å². The van der Waals surface area contributed by atoms with E-state index in [0.29, 0.717) is 10.7 Å². The number of anilines is 2. The van der Waals surface area contributed by atoms with Crippen molar-refractivity contribution in [1.29, 1.82) is 0 Å². The maximum absolute atomic E-state index is 12.3. The molecule has 134 valence electrons. The molecule has 0 unspecified atom stereocenters. The second-order valence-electron chi connectivity index (χ2n) is 6.45. The molecule has 0 aliphatic carbocycles. The van der Waals surface area contributed by atoms with Gasteiger partial charge in [-0.25, -0.2) is 0 Å². The number of benzene rings is 1. The molecule has 3 amide bonds. The zero-order chi connectivity index (χ0) is 17.8. The molecule has 0 aromatic heterocycles. The Morgan fingerprint density at radius 2 is 1.76 bits per heavy atom. The van der Waals surface area contributed by atoms with E-state index in [2.05, 4.69) is 10.2 Å². The van der Waals surface area contributed by atoms with Crippen LogP contribution in [0, 0.1) is 0 Å². The summed E-state index contributed by atoms with van der Waals surface area (Å²) in [5.74, 6) is -0.628. The summed E-state index contributed by atoms with van der Waals surface area (Å²) in [6.45, 7) is 2.05. The second-order valence-corrected chi connectivity index (χ2v) is 6.88. The summed E-state index contributed by atoms with van der Waals surface area (Å²) in [6.07, 6.45) is 4.07. The molecule has 6 nitrogen and oxygen atoms in total. The van der Waals surface area contributed by atoms with E-state index in [4.69, 9.17) is 11.6 Å². The lowest BCUT2D eigenvalue weighted by Gasteiger charge is -2.30. The van der Waals surface area contributed by atoms with E-state index in [1.54, 1.807) is 6.07 Å². The van der Waals surface area contributed by atoms with Gasteiger partial charge in [0.2, 0.25) is 17.7 Å². The van der Waals surface area contributed by atoms with Gasteiger partial charge in [0.1, 0.15) is 0 Å². The molecular weight excluding hydrogens is 342 g/mol. The van der Waals surface area contributed by atoms with Gasteiger partial charge in [-0.1, -0.05) is 11.6 Å². The lowest BCUT2D eigenvalue weighted by atomic mass is 10.1. The highest BCUT2D eigenvalue weighted by Crippen LogP contribution is 2.31. The van der Waals surface area contributed by atoms with Crippen LogP contribution in [0.3, 0.4) is 0 Å². The predicted molar refractivity (Wildman–Crippen MR) is 96.7 cm³/mol. The van der Waals surface area contributed by atoms with E-state index in [0.717, 1.165) is 31.6 Å². The van der Waals surface area contributed by atoms with Gasteiger partial charge in [-0.15, -0.1) is 0 Å². The number of rotatable bonds is 5. The highest BCUT2D eigenvalue weighted by molar-refractivity contribution is 6.31. The number of carbonyl (C=O) groups excluding carboxylic acids is 3. The monoisotopic (exact) mass is 363 g/mol. The van der Waals surface area contributed by atoms with Crippen molar-refractivity contribution in [3.05, 3.63) is 23.2 Å². The number of nitrogens with zero attached hydrogens (tertiary/aromatic N) is 2. The first kappa shape index (κ1) is 17.7. The number of halogens is 1. The highest BCUT2D eigenvalue weighted by atomic mass is 35.5. The number of hydrogen-bond donors (Lipinski definition) is 1. The molecule has 1 N–H and O–H groups in total. The Morgan fingerprint density at radius 1 is 1.08 bits per heavy atom. The van der Waals surface area contributed by atoms with Crippen molar-refractivity contribution >= 4 is 40.7 Å². The minimum Gasteiger partial charge on any atom is -0.370 e. The lowest BCUT2D eigenvalue weighted by molar-refractivity contribution is -0.138. The third-order valence-corrected chi connectivity index (χ3v) is 4.88. The highest BCUT2D eigenvalue weighted by Gasteiger charge is 2.28. The Hall–Kier alpha value is -2.08.